The van der Waals surface area contributed by atoms with Crippen molar-refractivity contribution in [3.05, 3.63) is 58.5 Å². The quantitative estimate of drug-likeness (QED) is 0.163. The number of carboxylic acid groups (broad SMARTS) is 1. The Kier molecular flexibility index (Phi) is 8.92. The van der Waals surface area contributed by atoms with Crippen molar-refractivity contribution in [3.8, 4) is 5.75 Å². The van der Waals surface area contributed by atoms with Crippen LogP contribution in [0.5, 0.6) is 5.75 Å². The molecule has 39 heavy (non-hydrogen) atoms. The van der Waals surface area contributed by atoms with E-state index in [1.54, 1.807) is 0 Å². The standard InChI is InChI=1S/C31H36N2O4S2/c1-2-3-4-5-6-7-17-37-23-14-12-22(13-15-23)33-26-10-8-9-24(26)25-18-21(11-16-27(25)33)19-28-30(36)32(20-29(34)35)31(38)39-28/h11-16,18-19,24,26H,2-10,17,20H2,1H3,(H,34,35). The van der Waals surface area contributed by atoms with E-state index < -0.39 is 12.5 Å². The molecule has 1 amide bonds. The van der Waals surface area contributed by atoms with Crippen LogP contribution >= 0.6 is 24.0 Å². The van der Waals surface area contributed by atoms with Crippen LogP contribution < -0.4 is 9.64 Å². The van der Waals surface area contributed by atoms with Crippen molar-refractivity contribution in [2.24, 2.45) is 0 Å². The van der Waals surface area contributed by atoms with Gasteiger partial charge in [-0.25, -0.2) is 0 Å². The van der Waals surface area contributed by atoms with Crippen molar-refractivity contribution < 1.29 is 19.4 Å². The number of rotatable bonds is 12. The Balaban J connectivity index is 1.28. The van der Waals surface area contributed by atoms with Gasteiger partial charge in [0.05, 0.1) is 11.5 Å². The number of carboxylic acids is 1. The molecule has 2 aromatic carbocycles. The van der Waals surface area contributed by atoms with E-state index in [0.717, 1.165) is 53.8 Å². The summed E-state index contributed by atoms with van der Waals surface area (Å²) in [5, 5.41) is 9.10. The summed E-state index contributed by atoms with van der Waals surface area (Å²) in [6, 6.07) is 15.3. The second kappa shape index (κ2) is 12.6. The largest absolute Gasteiger partial charge is 0.494 e. The highest BCUT2D eigenvalue weighted by Crippen LogP contribution is 2.52. The lowest BCUT2D eigenvalue weighted by atomic mass is 9.96. The van der Waals surface area contributed by atoms with Gasteiger partial charge in [-0.15, -0.1) is 0 Å². The van der Waals surface area contributed by atoms with Crippen molar-refractivity contribution >= 4 is 57.6 Å². The predicted molar refractivity (Wildman–Crippen MR) is 162 cm³/mol. The molecule has 8 heteroatoms. The summed E-state index contributed by atoms with van der Waals surface area (Å²) in [6.45, 7) is 2.60. The maximum Gasteiger partial charge on any atom is 0.323 e. The Morgan fingerprint density at radius 3 is 2.64 bits per heavy atom. The number of carbonyl (C=O) groups excluding carboxylic acids is 1. The number of ether oxygens (including phenoxy) is 1. The molecule has 5 rings (SSSR count). The highest BCUT2D eigenvalue weighted by Gasteiger charge is 2.42. The Morgan fingerprint density at radius 1 is 1.10 bits per heavy atom. The van der Waals surface area contributed by atoms with Crippen molar-refractivity contribution in [2.75, 3.05) is 18.1 Å². The number of thioether (sulfide) groups is 1. The summed E-state index contributed by atoms with van der Waals surface area (Å²) in [4.78, 5) is 27.9. The van der Waals surface area contributed by atoms with Crippen molar-refractivity contribution in [1.82, 2.24) is 4.90 Å². The Morgan fingerprint density at radius 2 is 1.87 bits per heavy atom. The molecule has 1 saturated heterocycles. The third-order valence-electron chi connectivity index (χ3n) is 7.87. The van der Waals surface area contributed by atoms with Crippen LogP contribution in [0.15, 0.2) is 47.4 Å². The molecule has 0 bridgehead atoms. The number of amides is 1. The number of carbonyl (C=O) groups is 2. The minimum atomic E-state index is -1.07. The monoisotopic (exact) mass is 564 g/mol. The van der Waals surface area contributed by atoms with E-state index in [1.165, 1.54) is 55.5 Å². The molecule has 0 aromatic heterocycles. The Bertz CT molecular complexity index is 1260. The number of thiocarbonyl (C=S) groups is 1. The molecule has 1 saturated carbocycles. The lowest BCUT2D eigenvalue weighted by Gasteiger charge is -2.27. The molecule has 2 atom stereocenters. The van der Waals surface area contributed by atoms with Gasteiger partial charge in [0.1, 0.15) is 16.6 Å². The van der Waals surface area contributed by atoms with Crippen molar-refractivity contribution in [3.63, 3.8) is 0 Å². The fraction of sp³-hybridized carbons (Fsp3) is 0.452. The topological polar surface area (TPSA) is 70.1 Å². The molecule has 2 heterocycles. The number of nitrogens with zero attached hydrogens (tertiary/aromatic N) is 2. The average molecular weight is 565 g/mol. The number of benzene rings is 2. The number of unbranched alkanes of at least 4 members (excludes halogenated alkanes) is 5. The zero-order chi connectivity index (χ0) is 27.4. The van der Waals surface area contributed by atoms with Gasteiger partial charge in [0, 0.05) is 23.3 Å². The van der Waals surface area contributed by atoms with Crippen molar-refractivity contribution in [1.29, 1.82) is 0 Å². The summed E-state index contributed by atoms with van der Waals surface area (Å²) >= 11 is 6.41. The SMILES string of the molecule is CCCCCCCCOc1ccc(N2c3ccc(C=C4SC(=S)N(CC(=O)O)C4=O)cc3C3CCCC32)cc1. The van der Waals surface area contributed by atoms with Crippen molar-refractivity contribution in [2.45, 2.75) is 76.7 Å². The lowest BCUT2D eigenvalue weighted by molar-refractivity contribution is -0.140. The summed E-state index contributed by atoms with van der Waals surface area (Å²) in [5.41, 5.74) is 4.66. The molecule has 206 valence electrons. The van der Waals surface area contributed by atoms with Gasteiger partial charge in [0.25, 0.3) is 5.91 Å². The normalized spacial score (nSPS) is 21.1. The molecule has 6 nitrogen and oxygen atoms in total. The van der Waals surface area contributed by atoms with Crippen LogP contribution in [-0.4, -0.2) is 45.4 Å². The van der Waals surface area contributed by atoms with E-state index in [-0.39, 0.29) is 10.2 Å². The minimum absolute atomic E-state index is 0.288. The van der Waals surface area contributed by atoms with Crippen LogP contribution in [0.4, 0.5) is 11.4 Å². The number of anilines is 2. The second-order valence-corrected chi connectivity index (χ2v) is 12.2. The summed E-state index contributed by atoms with van der Waals surface area (Å²) in [5.74, 6) is -0.0364. The zero-order valence-corrected chi connectivity index (χ0v) is 24.1. The van der Waals surface area contributed by atoms with Crippen LogP contribution in [0.25, 0.3) is 6.08 Å². The summed E-state index contributed by atoms with van der Waals surface area (Å²) in [6.07, 6.45) is 12.9. The molecular weight excluding hydrogens is 528 g/mol. The first-order chi connectivity index (χ1) is 19.0. The third kappa shape index (κ3) is 6.17. The first kappa shape index (κ1) is 27.7. The third-order valence-corrected chi connectivity index (χ3v) is 9.25. The fourth-order valence-electron chi connectivity index (χ4n) is 6.00. The number of hydrogen-bond donors (Lipinski definition) is 1. The van der Waals surface area contributed by atoms with Gasteiger partial charge in [-0.2, -0.15) is 0 Å². The molecule has 2 aromatic rings. The fourth-order valence-corrected chi connectivity index (χ4v) is 7.25. The van der Waals surface area contributed by atoms with Gasteiger partial charge < -0.3 is 14.7 Å². The van der Waals surface area contributed by atoms with Crippen LogP contribution in [0.3, 0.4) is 0 Å². The van der Waals surface area contributed by atoms with Gasteiger partial charge in [-0.05, 0) is 72.9 Å². The molecule has 0 radical (unpaired) electrons. The van der Waals surface area contributed by atoms with E-state index in [2.05, 4.69) is 48.2 Å². The van der Waals surface area contributed by atoms with Crippen LogP contribution in [0.2, 0.25) is 0 Å². The maximum absolute atomic E-state index is 12.7. The Labute approximate surface area is 240 Å². The molecule has 1 N–H and O–H groups in total. The number of aliphatic carboxylic acids is 1. The highest BCUT2D eigenvalue weighted by molar-refractivity contribution is 8.26. The first-order valence-electron chi connectivity index (χ1n) is 14.1. The van der Waals surface area contributed by atoms with Gasteiger partial charge in [0.15, 0.2) is 0 Å². The number of fused-ring (bicyclic) bond motifs is 3. The van der Waals surface area contributed by atoms with E-state index in [4.69, 9.17) is 22.1 Å². The molecule has 2 aliphatic heterocycles. The van der Waals surface area contributed by atoms with Crippen LogP contribution in [0.1, 0.15) is 81.8 Å². The maximum atomic E-state index is 12.7. The van der Waals surface area contributed by atoms with E-state index >= 15 is 0 Å². The number of hydrogen-bond acceptors (Lipinski definition) is 6. The van der Waals surface area contributed by atoms with E-state index in [9.17, 15) is 9.59 Å². The smallest absolute Gasteiger partial charge is 0.323 e. The molecule has 1 aliphatic carbocycles. The van der Waals surface area contributed by atoms with E-state index in [1.807, 2.05) is 12.1 Å². The van der Waals surface area contributed by atoms with Gasteiger partial charge in [0.2, 0.25) is 0 Å². The van der Waals surface area contributed by atoms with Crippen LogP contribution in [0, 0.1) is 0 Å². The zero-order valence-electron chi connectivity index (χ0n) is 22.4. The molecular formula is C31H36N2O4S2. The molecule has 2 fully saturated rings. The predicted octanol–water partition coefficient (Wildman–Crippen LogP) is 7.50. The summed E-state index contributed by atoms with van der Waals surface area (Å²) < 4.78 is 6.30. The highest BCUT2D eigenvalue weighted by atomic mass is 32.2. The van der Waals surface area contributed by atoms with Gasteiger partial charge in [-0.1, -0.05) is 75.5 Å². The molecule has 0 spiro atoms. The second-order valence-electron chi connectivity index (χ2n) is 10.6. The van der Waals surface area contributed by atoms with Gasteiger partial charge >= 0.3 is 5.97 Å². The summed E-state index contributed by atoms with van der Waals surface area (Å²) in [7, 11) is 0. The van der Waals surface area contributed by atoms with Crippen LogP contribution in [-0.2, 0) is 9.59 Å². The minimum Gasteiger partial charge on any atom is -0.494 e. The van der Waals surface area contributed by atoms with E-state index in [0.29, 0.717) is 16.9 Å². The Hall–Kier alpha value is -2.84. The molecule has 3 aliphatic rings. The molecule has 2 unspecified atom stereocenters. The lowest BCUT2D eigenvalue weighted by Crippen LogP contribution is -2.33. The average Bonchev–Trinajstić information content (AvgIpc) is 3.58. The first-order valence-corrected chi connectivity index (χ1v) is 15.3. The van der Waals surface area contributed by atoms with Gasteiger partial charge in [-0.3, -0.25) is 14.5 Å².